The Morgan fingerprint density at radius 3 is 1.54 bits per heavy atom. The van der Waals surface area contributed by atoms with E-state index in [1.807, 2.05) is 13.8 Å². The number of carboxylic acid groups (broad SMARTS) is 1. The summed E-state index contributed by atoms with van der Waals surface area (Å²) in [5.74, 6) is -2.04. The third kappa shape index (κ3) is 20.3. The van der Waals surface area contributed by atoms with Crippen LogP contribution in [0.5, 0.6) is 0 Å². The van der Waals surface area contributed by atoms with Gasteiger partial charge in [0.05, 0.1) is 6.04 Å². The van der Waals surface area contributed by atoms with Crippen LogP contribution in [0.25, 0.3) is 0 Å². The Labute approximate surface area is 214 Å². The Kier molecular flexibility index (Phi) is 21.7. The molecule has 0 radical (unpaired) electrons. The van der Waals surface area contributed by atoms with Crippen molar-refractivity contribution in [1.82, 2.24) is 10.6 Å². The molecular weight excluding hydrogens is 442 g/mol. The van der Waals surface area contributed by atoms with Gasteiger partial charge in [-0.25, -0.2) is 4.79 Å². The van der Waals surface area contributed by atoms with Crippen LogP contribution in [-0.2, 0) is 14.4 Å². The molecule has 0 aliphatic carbocycles. The minimum atomic E-state index is -1.15. The highest BCUT2D eigenvalue weighted by molar-refractivity contribution is 5.87. The van der Waals surface area contributed by atoms with Crippen molar-refractivity contribution in [2.75, 3.05) is 6.54 Å². The molecule has 0 aliphatic rings. The summed E-state index contributed by atoms with van der Waals surface area (Å²) in [5.41, 5.74) is 5.10. The smallest absolute Gasteiger partial charge is 0.326 e. The SMILES string of the molecule is CCCCCCCCCCCCCCCCCCN[C@H](C(=O)N[C@H](CCC(N)=O)C(=O)O)C(C)C. The Bertz CT molecular complexity index is 554. The molecule has 0 heterocycles. The summed E-state index contributed by atoms with van der Waals surface area (Å²) in [4.78, 5) is 34.9. The minimum Gasteiger partial charge on any atom is -0.480 e. The van der Waals surface area contributed by atoms with Crippen LogP contribution in [0.3, 0.4) is 0 Å². The van der Waals surface area contributed by atoms with E-state index in [-0.39, 0.29) is 24.7 Å². The van der Waals surface area contributed by atoms with Gasteiger partial charge in [0.25, 0.3) is 0 Å². The monoisotopic (exact) mass is 497 g/mol. The molecule has 0 aromatic rings. The summed E-state index contributed by atoms with van der Waals surface area (Å²) >= 11 is 0. The number of carbonyl (C=O) groups is 3. The maximum absolute atomic E-state index is 12.6. The average Bonchev–Trinajstić information content (AvgIpc) is 2.80. The van der Waals surface area contributed by atoms with Crippen molar-refractivity contribution in [3.05, 3.63) is 0 Å². The Morgan fingerprint density at radius 1 is 0.743 bits per heavy atom. The molecule has 2 amide bonds. The molecule has 35 heavy (non-hydrogen) atoms. The number of primary amides is 1. The van der Waals surface area contributed by atoms with Crippen molar-refractivity contribution in [2.45, 2.75) is 148 Å². The number of rotatable bonds is 25. The van der Waals surface area contributed by atoms with Crippen molar-refractivity contribution in [1.29, 1.82) is 0 Å². The lowest BCUT2D eigenvalue weighted by Gasteiger charge is -2.24. The molecule has 0 saturated carbocycles. The first-order chi connectivity index (χ1) is 16.8. The topological polar surface area (TPSA) is 122 Å². The lowest BCUT2D eigenvalue weighted by atomic mass is 10.0. The zero-order valence-corrected chi connectivity index (χ0v) is 22.9. The predicted octanol–water partition coefficient (Wildman–Crippen LogP) is 5.70. The van der Waals surface area contributed by atoms with Gasteiger partial charge in [-0.1, -0.05) is 117 Å². The number of hydrogen-bond donors (Lipinski definition) is 4. The summed E-state index contributed by atoms with van der Waals surface area (Å²) in [6.45, 7) is 6.87. The van der Waals surface area contributed by atoms with Crippen molar-refractivity contribution in [2.24, 2.45) is 11.7 Å². The molecule has 206 valence electrons. The second kappa shape index (κ2) is 22.8. The van der Waals surface area contributed by atoms with Gasteiger partial charge < -0.3 is 21.5 Å². The molecule has 0 saturated heterocycles. The molecule has 0 aromatic carbocycles. The Balaban J connectivity index is 3.80. The number of amides is 2. The second-order valence-electron chi connectivity index (χ2n) is 10.4. The molecular formula is C28H55N3O4. The standard InChI is InChI=1S/C28H55N3O4/c1-4-5-6-7-8-9-10-11-12-13-14-15-16-17-18-19-22-30-26(23(2)3)27(33)31-24(28(34)35)20-21-25(29)32/h23-24,26,30H,4-22H2,1-3H3,(H2,29,32)(H,31,33)(H,34,35)/t24-,26+/m1/s1. The Morgan fingerprint density at radius 2 is 1.17 bits per heavy atom. The van der Waals surface area contributed by atoms with E-state index < -0.39 is 24.0 Å². The zero-order valence-electron chi connectivity index (χ0n) is 22.9. The maximum atomic E-state index is 12.6. The number of nitrogens with one attached hydrogen (secondary N) is 2. The van der Waals surface area contributed by atoms with Crippen LogP contribution in [0, 0.1) is 5.92 Å². The van der Waals surface area contributed by atoms with E-state index in [0.717, 1.165) is 19.4 Å². The normalized spacial score (nSPS) is 13.0. The number of carbonyl (C=O) groups excluding carboxylic acids is 2. The number of aliphatic carboxylic acids is 1. The van der Waals surface area contributed by atoms with Crippen molar-refractivity contribution in [3.8, 4) is 0 Å². The van der Waals surface area contributed by atoms with Crippen LogP contribution in [0.4, 0.5) is 0 Å². The predicted molar refractivity (Wildman–Crippen MR) is 144 cm³/mol. The van der Waals surface area contributed by atoms with Crippen LogP contribution in [0.15, 0.2) is 0 Å². The van der Waals surface area contributed by atoms with Crippen molar-refractivity contribution in [3.63, 3.8) is 0 Å². The van der Waals surface area contributed by atoms with Gasteiger partial charge in [0, 0.05) is 6.42 Å². The fourth-order valence-electron chi connectivity index (χ4n) is 4.37. The van der Waals surface area contributed by atoms with E-state index >= 15 is 0 Å². The van der Waals surface area contributed by atoms with Gasteiger partial charge in [0.1, 0.15) is 6.04 Å². The first-order valence-electron chi connectivity index (χ1n) is 14.3. The summed E-state index contributed by atoms with van der Waals surface area (Å²) < 4.78 is 0. The molecule has 0 spiro atoms. The van der Waals surface area contributed by atoms with Crippen LogP contribution in [0.1, 0.15) is 136 Å². The first-order valence-corrected chi connectivity index (χ1v) is 14.3. The molecule has 0 aliphatic heterocycles. The molecule has 0 fully saturated rings. The van der Waals surface area contributed by atoms with E-state index in [9.17, 15) is 19.5 Å². The highest BCUT2D eigenvalue weighted by Gasteiger charge is 2.27. The van der Waals surface area contributed by atoms with Crippen LogP contribution >= 0.6 is 0 Å². The third-order valence-electron chi connectivity index (χ3n) is 6.64. The number of unbranched alkanes of at least 4 members (excludes halogenated alkanes) is 15. The summed E-state index contributed by atoms with van der Waals surface area (Å²) in [7, 11) is 0. The summed E-state index contributed by atoms with van der Waals surface area (Å²) in [5, 5.41) is 15.1. The van der Waals surface area contributed by atoms with Crippen molar-refractivity contribution < 1.29 is 19.5 Å². The average molecular weight is 498 g/mol. The summed E-state index contributed by atoms with van der Waals surface area (Å²) in [6, 6.07) is -1.56. The van der Waals surface area contributed by atoms with Crippen molar-refractivity contribution >= 4 is 17.8 Å². The van der Waals surface area contributed by atoms with Gasteiger partial charge in [-0.2, -0.15) is 0 Å². The van der Waals surface area contributed by atoms with Crippen LogP contribution in [0.2, 0.25) is 0 Å². The van der Waals surface area contributed by atoms with E-state index in [2.05, 4.69) is 17.6 Å². The quantitative estimate of drug-likeness (QED) is 0.121. The van der Waals surface area contributed by atoms with Gasteiger partial charge in [0.15, 0.2) is 0 Å². The minimum absolute atomic E-state index is 0.000344. The lowest BCUT2D eigenvalue weighted by Crippen LogP contribution is -2.52. The largest absolute Gasteiger partial charge is 0.480 e. The Hall–Kier alpha value is -1.63. The molecule has 0 rings (SSSR count). The van der Waals surface area contributed by atoms with Crippen LogP contribution in [-0.4, -0.2) is 41.5 Å². The second-order valence-corrected chi connectivity index (χ2v) is 10.4. The lowest BCUT2D eigenvalue weighted by molar-refractivity contribution is -0.142. The van der Waals surface area contributed by atoms with Gasteiger partial charge in [-0.05, 0) is 25.3 Å². The fourth-order valence-corrected chi connectivity index (χ4v) is 4.37. The highest BCUT2D eigenvalue weighted by Crippen LogP contribution is 2.14. The molecule has 0 unspecified atom stereocenters. The number of hydrogen-bond acceptors (Lipinski definition) is 4. The van der Waals surface area contributed by atoms with Gasteiger partial charge in [0.2, 0.25) is 11.8 Å². The molecule has 0 aromatic heterocycles. The van der Waals surface area contributed by atoms with E-state index in [4.69, 9.17) is 5.73 Å². The number of nitrogens with two attached hydrogens (primary N) is 1. The van der Waals surface area contributed by atoms with E-state index in [1.54, 1.807) is 0 Å². The van der Waals surface area contributed by atoms with Gasteiger partial charge in [-0.15, -0.1) is 0 Å². The molecule has 7 nitrogen and oxygen atoms in total. The molecule has 2 atom stereocenters. The third-order valence-corrected chi connectivity index (χ3v) is 6.64. The van der Waals surface area contributed by atoms with Gasteiger partial charge >= 0.3 is 5.97 Å². The van der Waals surface area contributed by atoms with Crippen LogP contribution < -0.4 is 16.4 Å². The number of carboxylic acids is 1. The van der Waals surface area contributed by atoms with E-state index in [1.165, 1.54) is 89.9 Å². The van der Waals surface area contributed by atoms with E-state index in [0.29, 0.717) is 0 Å². The summed E-state index contributed by atoms with van der Waals surface area (Å²) in [6.07, 6.45) is 21.1. The molecule has 5 N–H and O–H groups in total. The molecule has 7 heteroatoms. The maximum Gasteiger partial charge on any atom is 0.326 e. The first kappa shape index (κ1) is 33.4. The van der Waals surface area contributed by atoms with Gasteiger partial charge in [-0.3, -0.25) is 9.59 Å². The highest BCUT2D eigenvalue weighted by atomic mass is 16.4. The zero-order chi connectivity index (χ0) is 26.3. The molecule has 0 bridgehead atoms. The fraction of sp³-hybridized carbons (Fsp3) is 0.893.